The summed E-state index contributed by atoms with van der Waals surface area (Å²) in [6, 6.07) is 66.4. The van der Waals surface area contributed by atoms with Gasteiger partial charge in [-0.2, -0.15) is 0 Å². The van der Waals surface area contributed by atoms with E-state index in [0.717, 1.165) is 50.3 Å². The van der Waals surface area contributed by atoms with Gasteiger partial charge in [-0.25, -0.2) is 34.9 Å². The predicted octanol–water partition coefficient (Wildman–Crippen LogP) is 11.8. The second-order valence-electron chi connectivity index (χ2n) is 14.1. The van der Waals surface area contributed by atoms with Crippen molar-refractivity contribution in [3.63, 3.8) is 0 Å². The Morgan fingerprint density at radius 3 is 1.17 bits per heavy atom. The van der Waals surface area contributed by atoms with Crippen LogP contribution in [0.3, 0.4) is 0 Å². The second kappa shape index (κ2) is 16.2. The molecule has 5 aromatic heterocycles. The molecule has 0 saturated carbocycles. The highest BCUT2D eigenvalue weighted by atomic mass is 15.0. The average Bonchev–Trinajstić information content (AvgIpc) is 3.35. The van der Waals surface area contributed by atoms with Crippen LogP contribution >= 0.6 is 0 Å². The van der Waals surface area contributed by atoms with E-state index in [2.05, 4.69) is 48.5 Å². The summed E-state index contributed by atoms with van der Waals surface area (Å²) in [5, 5.41) is 0. The lowest BCUT2D eigenvalue weighted by Crippen LogP contribution is -2.02. The molecular formula is C52H34N8. The van der Waals surface area contributed by atoms with Gasteiger partial charge in [0, 0.05) is 34.0 Å². The standard InChI is InChI=1S/C52H34N8/c1-6-17-35(18-7-1)41-32-47(42-27-16-28-43(54-42)52-59-49(38-23-12-4-13-24-38)58-50(60-52)39-25-14-5-15-26-39)55-48(33-41)46-31-40(29-30-53-46)51-56-44(36-19-8-2-9-20-36)34-45(57-51)37-21-10-3-11-22-37/h1-34H. The smallest absolute Gasteiger partial charge is 0.182 e. The van der Waals surface area contributed by atoms with Gasteiger partial charge in [0.05, 0.1) is 34.2 Å². The van der Waals surface area contributed by atoms with Crippen molar-refractivity contribution < 1.29 is 0 Å². The van der Waals surface area contributed by atoms with Crippen LogP contribution in [0, 0.1) is 0 Å². The van der Waals surface area contributed by atoms with Crippen molar-refractivity contribution in [1.82, 2.24) is 39.9 Å². The van der Waals surface area contributed by atoms with Crippen LogP contribution in [0.1, 0.15) is 0 Å². The average molecular weight is 771 g/mol. The molecular weight excluding hydrogens is 737 g/mol. The zero-order valence-corrected chi connectivity index (χ0v) is 32.2. The molecule has 0 fully saturated rings. The molecule has 8 heteroatoms. The van der Waals surface area contributed by atoms with Crippen LogP contribution < -0.4 is 0 Å². The van der Waals surface area contributed by atoms with Gasteiger partial charge >= 0.3 is 0 Å². The quantitative estimate of drug-likeness (QED) is 0.143. The highest BCUT2D eigenvalue weighted by molar-refractivity contribution is 5.78. The summed E-state index contributed by atoms with van der Waals surface area (Å²) in [4.78, 5) is 40.0. The van der Waals surface area contributed by atoms with Gasteiger partial charge in [-0.05, 0) is 53.6 Å². The van der Waals surface area contributed by atoms with Gasteiger partial charge < -0.3 is 0 Å². The van der Waals surface area contributed by atoms with E-state index < -0.39 is 0 Å². The summed E-state index contributed by atoms with van der Waals surface area (Å²) in [5.41, 5.74) is 11.6. The number of aromatic nitrogens is 8. The Morgan fingerprint density at radius 2 is 0.617 bits per heavy atom. The Labute approximate surface area is 347 Å². The van der Waals surface area contributed by atoms with Gasteiger partial charge in [-0.1, -0.05) is 158 Å². The predicted molar refractivity (Wildman–Crippen MR) is 238 cm³/mol. The number of benzene rings is 5. The van der Waals surface area contributed by atoms with Crippen LogP contribution in [0.5, 0.6) is 0 Å². The van der Waals surface area contributed by atoms with Crippen molar-refractivity contribution in [1.29, 1.82) is 0 Å². The lowest BCUT2D eigenvalue weighted by Gasteiger charge is -2.12. The molecule has 10 aromatic rings. The number of nitrogens with zero attached hydrogens (tertiary/aromatic N) is 8. The topological polar surface area (TPSA) is 103 Å². The Morgan fingerprint density at radius 1 is 0.200 bits per heavy atom. The molecule has 0 aliphatic heterocycles. The van der Waals surface area contributed by atoms with E-state index >= 15 is 0 Å². The van der Waals surface area contributed by atoms with Gasteiger partial charge in [0.2, 0.25) is 0 Å². The maximum atomic E-state index is 5.21. The molecule has 5 heterocycles. The third-order valence-electron chi connectivity index (χ3n) is 10.0. The number of rotatable bonds is 9. The second-order valence-corrected chi connectivity index (χ2v) is 14.1. The van der Waals surface area contributed by atoms with Crippen molar-refractivity contribution in [2.45, 2.75) is 0 Å². The van der Waals surface area contributed by atoms with Crippen LogP contribution in [-0.2, 0) is 0 Å². The largest absolute Gasteiger partial charge is 0.255 e. The molecule has 0 N–H and O–H groups in total. The fourth-order valence-corrected chi connectivity index (χ4v) is 7.01. The molecule has 10 rings (SSSR count). The number of hydrogen-bond acceptors (Lipinski definition) is 8. The van der Waals surface area contributed by atoms with Gasteiger partial charge in [-0.3, -0.25) is 4.98 Å². The zero-order chi connectivity index (χ0) is 40.1. The molecule has 0 aliphatic rings. The first-order chi connectivity index (χ1) is 29.7. The third-order valence-corrected chi connectivity index (χ3v) is 10.0. The zero-order valence-electron chi connectivity index (χ0n) is 32.2. The summed E-state index contributed by atoms with van der Waals surface area (Å²) in [5.74, 6) is 2.19. The van der Waals surface area contributed by atoms with Gasteiger partial charge in [0.25, 0.3) is 0 Å². The SMILES string of the molecule is c1ccc(-c2cc(-c3cc(-c4nc(-c5ccccc5)cc(-c5ccccc5)n4)ccn3)nc(-c3cccc(-c4nc(-c5ccccc5)nc(-c5ccccc5)n4)n3)c2)cc1. The van der Waals surface area contributed by atoms with E-state index in [1.807, 2.05) is 152 Å². The summed E-state index contributed by atoms with van der Waals surface area (Å²) < 4.78 is 0. The Bertz CT molecular complexity index is 2770. The van der Waals surface area contributed by atoms with Gasteiger partial charge in [-0.15, -0.1) is 0 Å². The lowest BCUT2D eigenvalue weighted by molar-refractivity contribution is 1.06. The van der Waals surface area contributed by atoms with Crippen molar-refractivity contribution in [3.8, 4) is 102 Å². The minimum absolute atomic E-state index is 0.464. The molecule has 60 heavy (non-hydrogen) atoms. The maximum absolute atomic E-state index is 5.21. The van der Waals surface area contributed by atoms with E-state index in [0.29, 0.717) is 51.8 Å². The molecule has 0 aliphatic carbocycles. The van der Waals surface area contributed by atoms with Crippen molar-refractivity contribution in [3.05, 3.63) is 206 Å². The van der Waals surface area contributed by atoms with E-state index in [4.69, 9.17) is 39.9 Å². The molecule has 282 valence electrons. The summed E-state index contributed by atoms with van der Waals surface area (Å²) in [6.45, 7) is 0. The Kier molecular flexibility index (Phi) is 9.75. The van der Waals surface area contributed by atoms with Crippen molar-refractivity contribution in [2.75, 3.05) is 0 Å². The van der Waals surface area contributed by atoms with Gasteiger partial charge in [0.15, 0.2) is 23.3 Å². The van der Waals surface area contributed by atoms with E-state index in [1.165, 1.54) is 0 Å². The molecule has 0 spiro atoms. The Hall–Kier alpha value is -8.36. The van der Waals surface area contributed by atoms with Crippen molar-refractivity contribution in [2.24, 2.45) is 0 Å². The summed E-state index contributed by atoms with van der Waals surface area (Å²) in [7, 11) is 0. The minimum atomic E-state index is 0.464. The van der Waals surface area contributed by atoms with Crippen LogP contribution in [0.4, 0.5) is 0 Å². The van der Waals surface area contributed by atoms with Crippen LogP contribution in [0.15, 0.2) is 206 Å². The third kappa shape index (κ3) is 7.68. The first-order valence-electron chi connectivity index (χ1n) is 19.6. The number of pyridine rings is 3. The summed E-state index contributed by atoms with van der Waals surface area (Å²) in [6.07, 6.45) is 1.79. The molecule has 8 nitrogen and oxygen atoms in total. The van der Waals surface area contributed by atoms with E-state index in [-0.39, 0.29) is 0 Å². The van der Waals surface area contributed by atoms with Crippen molar-refractivity contribution >= 4 is 0 Å². The molecule has 0 saturated heterocycles. The fourth-order valence-electron chi connectivity index (χ4n) is 7.01. The maximum Gasteiger partial charge on any atom is 0.182 e. The first kappa shape index (κ1) is 36.0. The fraction of sp³-hybridized carbons (Fsp3) is 0. The normalized spacial score (nSPS) is 11.0. The first-order valence-corrected chi connectivity index (χ1v) is 19.6. The minimum Gasteiger partial charge on any atom is -0.255 e. The van der Waals surface area contributed by atoms with Gasteiger partial charge in [0.1, 0.15) is 5.69 Å². The molecule has 0 atom stereocenters. The van der Waals surface area contributed by atoms with Crippen LogP contribution in [0.2, 0.25) is 0 Å². The highest BCUT2D eigenvalue weighted by Gasteiger charge is 2.17. The molecule has 0 radical (unpaired) electrons. The molecule has 0 bridgehead atoms. The highest BCUT2D eigenvalue weighted by Crippen LogP contribution is 2.33. The van der Waals surface area contributed by atoms with E-state index in [1.54, 1.807) is 6.20 Å². The van der Waals surface area contributed by atoms with Crippen LogP contribution in [0.25, 0.3) is 102 Å². The lowest BCUT2D eigenvalue weighted by atomic mass is 10.0. The Balaban J connectivity index is 1.09. The van der Waals surface area contributed by atoms with Crippen LogP contribution in [-0.4, -0.2) is 39.9 Å². The molecule has 0 unspecified atom stereocenters. The number of hydrogen-bond donors (Lipinski definition) is 0. The van der Waals surface area contributed by atoms with E-state index in [9.17, 15) is 0 Å². The molecule has 5 aromatic carbocycles. The summed E-state index contributed by atoms with van der Waals surface area (Å²) >= 11 is 0. The molecule has 0 amide bonds. The monoisotopic (exact) mass is 770 g/mol.